The number of quaternary nitrogens is 4. The predicted molar refractivity (Wildman–Crippen MR) is 73.2 cm³/mol. The van der Waals surface area contributed by atoms with Gasteiger partial charge in [-0.3, -0.25) is 13.2 Å². The lowest BCUT2D eigenvalue weighted by atomic mass is 10.3. The maximum absolute atomic E-state index is 11.1. The fourth-order valence-electron chi connectivity index (χ4n) is 0.658. The van der Waals surface area contributed by atoms with Crippen molar-refractivity contribution in [2.45, 2.75) is 13.3 Å². The van der Waals surface area contributed by atoms with Crippen LogP contribution in [0.25, 0.3) is 0 Å². The molecule has 21 heavy (non-hydrogen) atoms. The molecule has 0 fully saturated rings. The fraction of sp³-hybridized carbons (Fsp3) is 0.600. The Labute approximate surface area is 122 Å². The van der Waals surface area contributed by atoms with Crippen LogP contribution < -0.4 is 44.2 Å². The van der Waals surface area contributed by atoms with E-state index in [1.165, 1.54) is 6.92 Å². The van der Waals surface area contributed by atoms with Gasteiger partial charge < -0.3 is 53.3 Å². The minimum absolute atomic E-state index is 0. The monoisotopic (exact) mass is 378 g/mol. The summed E-state index contributed by atoms with van der Waals surface area (Å²) in [7, 11) is -16.5. The Hall–Kier alpha value is 0.0300. The van der Waals surface area contributed by atoms with Gasteiger partial charge in [0, 0.05) is 6.16 Å². The Morgan fingerprint density at radius 1 is 0.952 bits per heavy atom. The molecule has 0 amide bonds. The van der Waals surface area contributed by atoms with Crippen LogP contribution in [-0.4, -0.2) is 6.16 Å². The number of rotatable bonds is 7. The summed E-state index contributed by atoms with van der Waals surface area (Å²) in [6, 6.07) is 0. The molecule has 0 spiro atoms. The zero-order valence-corrected chi connectivity index (χ0v) is 15.3. The van der Waals surface area contributed by atoms with Crippen molar-refractivity contribution in [3.63, 3.8) is 0 Å². The van der Waals surface area contributed by atoms with Crippen molar-refractivity contribution in [2.75, 3.05) is 6.16 Å². The summed E-state index contributed by atoms with van der Waals surface area (Å²) in [5.74, 6) is 0. The standard InChI is InChI=1S/C5H13O9P3.4H3N/c1-5(2)3-4-15(6,7)13-17(11,12)14-16(8,9)10;;;;/h1,3-4H2,2H3,(H,6,7)(H,11,12)(H2,8,9,10);4*1H3. The van der Waals surface area contributed by atoms with Gasteiger partial charge >= 0.3 is 0 Å². The average Bonchev–Trinajstić information content (AvgIpc) is 1.93. The van der Waals surface area contributed by atoms with Gasteiger partial charge in [-0.2, -0.15) is 0 Å². The predicted octanol–water partition coefficient (Wildman–Crippen LogP) is 0.341. The summed E-state index contributed by atoms with van der Waals surface area (Å²) in [4.78, 5) is 41.8. The van der Waals surface area contributed by atoms with Crippen LogP contribution in [0.2, 0.25) is 0 Å². The van der Waals surface area contributed by atoms with Crippen molar-refractivity contribution in [3.05, 3.63) is 12.2 Å². The molecule has 2 unspecified atom stereocenters. The van der Waals surface area contributed by atoms with Crippen LogP contribution in [0.15, 0.2) is 12.2 Å². The highest BCUT2D eigenvalue weighted by Crippen LogP contribution is 2.60. The van der Waals surface area contributed by atoms with E-state index in [1.54, 1.807) is 0 Å². The zero-order chi connectivity index (χ0) is 13.9. The van der Waals surface area contributed by atoms with E-state index < -0.39 is 29.4 Å². The fourth-order valence-corrected chi connectivity index (χ4v) is 4.23. The summed E-state index contributed by atoms with van der Waals surface area (Å²) in [5.41, 5.74) is 0.449. The summed E-state index contributed by atoms with van der Waals surface area (Å²) in [6.07, 6.45) is -0.785. The van der Waals surface area contributed by atoms with Crippen LogP contribution in [0, 0.1) is 0 Å². The molecule has 0 aliphatic carbocycles. The molecule has 0 heterocycles. The maximum atomic E-state index is 11.1. The second kappa shape index (κ2) is 11.6. The Bertz CT molecular complexity index is 437. The van der Waals surface area contributed by atoms with Gasteiger partial charge in [0.2, 0.25) is 0 Å². The SMILES string of the molecule is C=C(C)CCP(=O)([O-])OP(=O)([O-])OP(=O)([O-])[O-].[NH4+].[NH4+].[NH4+].[NH4+]. The van der Waals surface area contributed by atoms with E-state index in [4.69, 9.17) is 0 Å². The molecule has 13 nitrogen and oxygen atoms in total. The van der Waals surface area contributed by atoms with Gasteiger partial charge in [-0.25, -0.2) is 0 Å². The van der Waals surface area contributed by atoms with E-state index in [1.807, 2.05) is 0 Å². The van der Waals surface area contributed by atoms with Gasteiger partial charge in [0.15, 0.2) is 0 Å². The molecule has 16 heteroatoms. The number of hydrogen-bond donors (Lipinski definition) is 4. The van der Waals surface area contributed by atoms with Crippen LogP contribution in [0.4, 0.5) is 0 Å². The molecular weight excluding hydrogens is 353 g/mol. The van der Waals surface area contributed by atoms with Crippen molar-refractivity contribution in [3.8, 4) is 0 Å². The highest BCUT2D eigenvalue weighted by atomic mass is 31.3. The van der Waals surface area contributed by atoms with Crippen LogP contribution in [0.1, 0.15) is 13.3 Å². The van der Waals surface area contributed by atoms with Crippen molar-refractivity contribution in [1.29, 1.82) is 0 Å². The molecule has 0 saturated heterocycles. The molecule has 134 valence electrons. The molecule has 0 saturated carbocycles. The third kappa shape index (κ3) is 20.0. The van der Waals surface area contributed by atoms with Crippen LogP contribution in [-0.2, 0) is 22.3 Å². The van der Waals surface area contributed by atoms with Crippen molar-refractivity contribution in [1.82, 2.24) is 24.6 Å². The first kappa shape index (κ1) is 32.8. The zero-order valence-electron chi connectivity index (χ0n) is 12.6. The number of hydrogen-bond acceptors (Lipinski definition) is 9. The van der Waals surface area contributed by atoms with E-state index in [0.29, 0.717) is 5.57 Å². The summed E-state index contributed by atoms with van der Waals surface area (Å²) in [5, 5.41) is 0. The minimum Gasteiger partial charge on any atom is -0.790 e. The van der Waals surface area contributed by atoms with E-state index in [-0.39, 0.29) is 31.0 Å². The van der Waals surface area contributed by atoms with Crippen LogP contribution >= 0.6 is 23.2 Å². The van der Waals surface area contributed by atoms with Gasteiger partial charge in [0.1, 0.15) is 7.60 Å². The van der Waals surface area contributed by atoms with Crippen LogP contribution in [0.3, 0.4) is 0 Å². The van der Waals surface area contributed by atoms with Gasteiger partial charge in [-0.05, 0) is 13.3 Å². The first-order valence-corrected chi connectivity index (χ1v) is 8.68. The molecule has 0 aromatic heterocycles. The second-order valence-corrected chi connectivity index (χ2v) is 7.86. The van der Waals surface area contributed by atoms with Crippen molar-refractivity contribution >= 4 is 23.2 Å². The molecule has 0 aliphatic heterocycles. The van der Waals surface area contributed by atoms with Gasteiger partial charge in [0.05, 0.1) is 7.82 Å². The van der Waals surface area contributed by atoms with E-state index in [0.717, 1.165) is 0 Å². The van der Waals surface area contributed by atoms with Gasteiger partial charge in [-0.15, -0.1) is 6.58 Å². The molecule has 0 aromatic carbocycles. The average molecular weight is 378 g/mol. The molecule has 0 aliphatic rings. The van der Waals surface area contributed by atoms with E-state index >= 15 is 0 Å². The first-order valence-electron chi connectivity index (χ1n) is 4.03. The largest absolute Gasteiger partial charge is 0.790 e. The highest BCUT2D eigenvalue weighted by Gasteiger charge is 2.20. The lowest BCUT2D eigenvalue weighted by Crippen LogP contribution is -2.20. The van der Waals surface area contributed by atoms with Gasteiger partial charge in [0.25, 0.3) is 7.82 Å². The smallest absolute Gasteiger partial charge is 0.276 e. The van der Waals surface area contributed by atoms with E-state index in [9.17, 15) is 33.3 Å². The molecule has 0 radical (unpaired) electrons. The number of phosphoric acid groups is 2. The lowest BCUT2D eigenvalue weighted by Gasteiger charge is -2.38. The Balaban J connectivity index is -0.000000213. The third-order valence-electron chi connectivity index (χ3n) is 1.24. The number of allylic oxidation sites excluding steroid dienone is 1. The Morgan fingerprint density at radius 3 is 1.62 bits per heavy atom. The summed E-state index contributed by atoms with van der Waals surface area (Å²) >= 11 is 0. The molecular formula is C5H25N4O9P3. The summed E-state index contributed by atoms with van der Waals surface area (Å²) < 4.78 is 38.3. The molecule has 0 bridgehead atoms. The highest BCUT2D eigenvalue weighted by molar-refractivity contribution is 7.66. The molecule has 0 aromatic rings. The van der Waals surface area contributed by atoms with Gasteiger partial charge in [-0.1, -0.05) is 5.57 Å². The van der Waals surface area contributed by atoms with E-state index in [2.05, 4.69) is 15.2 Å². The van der Waals surface area contributed by atoms with Crippen molar-refractivity contribution in [2.24, 2.45) is 0 Å². The summed E-state index contributed by atoms with van der Waals surface area (Å²) in [6.45, 7) is 4.87. The second-order valence-electron chi connectivity index (χ2n) is 3.10. The normalized spacial score (nSPS) is 15.7. The topological polar surface area (TPSA) is 308 Å². The van der Waals surface area contributed by atoms with Crippen LogP contribution in [0.5, 0.6) is 0 Å². The minimum atomic E-state index is -5.89. The Kier molecular flexibility index (Phi) is 18.1. The molecule has 0 rings (SSSR count). The molecule has 16 N–H and O–H groups in total. The van der Waals surface area contributed by atoms with Crippen molar-refractivity contribution < 1.29 is 41.9 Å². The Morgan fingerprint density at radius 2 is 1.33 bits per heavy atom. The lowest BCUT2D eigenvalue weighted by molar-refractivity contribution is -0.339. The quantitative estimate of drug-likeness (QED) is 0.349. The third-order valence-corrected chi connectivity index (χ3v) is 5.40. The molecule has 2 atom stereocenters. The maximum Gasteiger partial charge on any atom is 0.276 e. The first-order chi connectivity index (χ1) is 7.33.